The normalized spacial score (nSPS) is 15.5. The highest BCUT2D eigenvalue weighted by atomic mass is 32.8. The van der Waals surface area contributed by atoms with Gasteiger partial charge in [0.2, 0.25) is 0 Å². The number of rotatable bonds is 4. The van der Waals surface area contributed by atoms with Gasteiger partial charge in [0.1, 0.15) is 8.77 Å². The first-order chi connectivity index (χ1) is 4.92. The van der Waals surface area contributed by atoms with Crippen molar-refractivity contribution in [2.24, 2.45) is 0 Å². The number of hydrogen-bond donors (Lipinski definition) is 1. The van der Waals surface area contributed by atoms with Crippen LogP contribution in [0.3, 0.4) is 0 Å². The van der Waals surface area contributed by atoms with Gasteiger partial charge in [0.15, 0.2) is 0 Å². The van der Waals surface area contributed by atoms with Crippen LogP contribution in [0.1, 0.15) is 13.3 Å². The minimum Gasteiger partial charge on any atom is -0.466 e. The highest BCUT2D eigenvalue weighted by Gasteiger charge is 2.00. The molecule has 0 saturated heterocycles. The third kappa shape index (κ3) is 9.80. The third-order valence-electron chi connectivity index (χ3n) is 0.852. The summed E-state index contributed by atoms with van der Waals surface area (Å²) in [6, 6.07) is 0. The molecular formula is C5H10O4S2. The summed E-state index contributed by atoms with van der Waals surface area (Å²) < 4.78 is 23.6. The predicted molar refractivity (Wildman–Crippen MR) is 44.3 cm³/mol. The van der Waals surface area contributed by atoms with E-state index in [1.165, 1.54) is 6.92 Å². The highest BCUT2D eigenvalue weighted by molar-refractivity contribution is 8.29. The van der Waals surface area contributed by atoms with Crippen molar-refractivity contribution in [3.05, 3.63) is 0 Å². The Morgan fingerprint density at radius 3 is 2.64 bits per heavy atom. The van der Waals surface area contributed by atoms with Gasteiger partial charge in [0.25, 0.3) is 0 Å². The van der Waals surface area contributed by atoms with E-state index in [4.69, 9.17) is 4.55 Å². The lowest BCUT2D eigenvalue weighted by Crippen LogP contribution is -2.07. The first kappa shape index (κ1) is 10.8. The van der Waals surface area contributed by atoms with E-state index >= 15 is 0 Å². The second-order valence-corrected chi connectivity index (χ2v) is 5.11. The highest BCUT2D eigenvalue weighted by Crippen LogP contribution is 1.90. The van der Waals surface area contributed by atoms with Gasteiger partial charge in [0.05, 0.1) is 12.4 Å². The van der Waals surface area contributed by atoms with Gasteiger partial charge in [-0.05, 0) is 6.42 Å². The van der Waals surface area contributed by atoms with Gasteiger partial charge in [-0.15, -0.1) is 0 Å². The van der Waals surface area contributed by atoms with Gasteiger partial charge < -0.3 is 9.29 Å². The fraction of sp³-hybridized carbons (Fsp3) is 0.800. The molecule has 6 heteroatoms. The Balaban J connectivity index is 3.37. The van der Waals surface area contributed by atoms with Gasteiger partial charge in [-0.2, -0.15) is 0 Å². The quantitative estimate of drug-likeness (QED) is 0.515. The van der Waals surface area contributed by atoms with Crippen LogP contribution in [0.4, 0.5) is 0 Å². The molecule has 0 aromatic rings. The summed E-state index contributed by atoms with van der Waals surface area (Å²) in [6.45, 7) is 1.44. The topological polar surface area (TPSA) is 63.6 Å². The summed E-state index contributed by atoms with van der Waals surface area (Å²) >= 11 is 4.21. The van der Waals surface area contributed by atoms with Crippen LogP contribution in [0.15, 0.2) is 0 Å². The van der Waals surface area contributed by atoms with Crippen LogP contribution in [-0.2, 0) is 29.5 Å². The zero-order chi connectivity index (χ0) is 8.91. The van der Waals surface area contributed by atoms with Gasteiger partial charge >= 0.3 is 5.97 Å². The number of carbonyl (C=O) groups is 1. The van der Waals surface area contributed by atoms with Gasteiger partial charge in [-0.3, -0.25) is 4.79 Å². The molecule has 1 atom stereocenters. The lowest BCUT2D eigenvalue weighted by atomic mass is 10.5. The molecule has 1 unspecified atom stereocenters. The molecule has 0 bridgehead atoms. The van der Waals surface area contributed by atoms with Crippen LogP contribution in [0.5, 0.6) is 0 Å². The van der Waals surface area contributed by atoms with E-state index in [0.717, 1.165) is 0 Å². The largest absolute Gasteiger partial charge is 0.466 e. The van der Waals surface area contributed by atoms with Crippen molar-refractivity contribution in [1.82, 2.24) is 0 Å². The molecule has 0 saturated carbocycles. The van der Waals surface area contributed by atoms with Crippen LogP contribution in [0, 0.1) is 0 Å². The molecule has 0 radical (unpaired) electrons. The molecule has 0 aromatic heterocycles. The first-order valence-corrected chi connectivity index (χ1v) is 5.61. The average Bonchev–Trinajstić information content (AvgIpc) is 1.78. The zero-order valence-corrected chi connectivity index (χ0v) is 7.74. The molecule has 0 amide bonds. The average molecular weight is 198 g/mol. The maximum atomic E-state index is 10.5. The van der Waals surface area contributed by atoms with E-state index < -0.39 is 8.77 Å². The van der Waals surface area contributed by atoms with Crippen LogP contribution >= 0.6 is 0 Å². The molecule has 0 aromatic carbocycles. The maximum absolute atomic E-state index is 10.5. The molecule has 0 spiro atoms. The molecule has 66 valence electrons. The van der Waals surface area contributed by atoms with E-state index in [9.17, 15) is 9.00 Å². The second-order valence-electron chi connectivity index (χ2n) is 1.98. The fourth-order valence-electron chi connectivity index (χ4n) is 0.457. The van der Waals surface area contributed by atoms with Gasteiger partial charge in [-0.25, -0.2) is 4.21 Å². The van der Waals surface area contributed by atoms with Crippen LogP contribution in [0.2, 0.25) is 0 Å². The minimum absolute atomic E-state index is 0.00435. The SMILES string of the molecule is CC(=O)OCCCS(=O)(O)=S. The Bertz CT molecular complexity index is 219. The monoisotopic (exact) mass is 198 g/mol. The third-order valence-corrected chi connectivity index (χ3v) is 2.16. The Morgan fingerprint density at radius 2 is 2.27 bits per heavy atom. The van der Waals surface area contributed by atoms with Crippen LogP contribution in [0.25, 0.3) is 0 Å². The smallest absolute Gasteiger partial charge is 0.302 e. The number of ether oxygens (including phenoxy) is 1. The Hall–Kier alpha value is -0.200. The zero-order valence-electron chi connectivity index (χ0n) is 6.11. The van der Waals surface area contributed by atoms with E-state index in [1.807, 2.05) is 0 Å². The maximum Gasteiger partial charge on any atom is 0.302 e. The van der Waals surface area contributed by atoms with Gasteiger partial charge in [-0.1, -0.05) is 0 Å². The van der Waals surface area contributed by atoms with Crippen molar-refractivity contribution in [2.45, 2.75) is 13.3 Å². The van der Waals surface area contributed by atoms with E-state index in [0.29, 0.717) is 6.42 Å². The summed E-state index contributed by atoms with van der Waals surface area (Å²) in [5.74, 6) is -0.394. The summed E-state index contributed by atoms with van der Waals surface area (Å²) in [5, 5.41) is 0. The lowest BCUT2D eigenvalue weighted by molar-refractivity contribution is -0.140. The molecule has 0 rings (SSSR count). The van der Waals surface area contributed by atoms with Gasteiger partial charge in [0, 0.05) is 18.1 Å². The molecule has 4 nitrogen and oxygen atoms in total. The second kappa shape index (κ2) is 4.63. The molecular weight excluding hydrogens is 188 g/mol. The van der Waals surface area contributed by atoms with Crippen molar-refractivity contribution in [1.29, 1.82) is 0 Å². The van der Waals surface area contributed by atoms with Crippen LogP contribution < -0.4 is 0 Å². The predicted octanol–water partition coefficient (Wildman–Crippen LogP) is 0.159. The number of hydrogen-bond acceptors (Lipinski definition) is 4. The Labute approximate surface area is 70.4 Å². The van der Waals surface area contributed by atoms with Crippen molar-refractivity contribution in [2.75, 3.05) is 12.4 Å². The molecule has 0 aliphatic carbocycles. The number of carbonyl (C=O) groups excluding carboxylic acids is 1. The molecule has 0 aliphatic heterocycles. The molecule has 11 heavy (non-hydrogen) atoms. The summed E-state index contributed by atoms with van der Waals surface area (Å²) in [5.41, 5.74) is 0. The Morgan fingerprint density at radius 1 is 1.73 bits per heavy atom. The fourth-order valence-corrected chi connectivity index (χ4v) is 1.29. The standard InChI is InChI=1S/C5H10O4S2/c1-5(6)9-3-2-4-11(7,8)10/h2-4H2,1H3,(H,7,8,10). The van der Waals surface area contributed by atoms with Crippen molar-refractivity contribution in [3.63, 3.8) is 0 Å². The van der Waals surface area contributed by atoms with Crippen molar-refractivity contribution < 1.29 is 18.3 Å². The molecule has 1 N–H and O–H groups in total. The molecule has 0 aliphatic rings. The summed E-state index contributed by atoms with van der Waals surface area (Å²) in [7, 11) is -3.08. The van der Waals surface area contributed by atoms with E-state index in [2.05, 4.69) is 15.9 Å². The number of esters is 1. The van der Waals surface area contributed by atoms with Crippen LogP contribution in [-0.4, -0.2) is 27.1 Å². The van der Waals surface area contributed by atoms with E-state index in [-0.39, 0.29) is 18.3 Å². The Kier molecular flexibility index (Phi) is 4.55. The first-order valence-electron chi connectivity index (χ1n) is 3.00. The molecule has 0 fully saturated rings. The summed E-state index contributed by atoms with van der Waals surface area (Å²) in [6.07, 6.45) is 0.332. The minimum atomic E-state index is -3.08. The van der Waals surface area contributed by atoms with E-state index in [1.54, 1.807) is 0 Å². The molecule has 0 heterocycles. The van der Waals surface area contributed by atoms with Crippen molar-refractivity contribution >= 4 is 25.9 Å². The lowest BCUT2D eigenvalue weighted by Gasteiger charge is -2.00. The van der Waals surface area contributed by atoms with Crippen molar-refractivity contribution in [3.8, 4) is 0 Å². The summed E-state index contributed by atoms with van der Waals surface area (Å²) in [4.78, 5) is 10.2.